The third-order valence-corrected chi connectivity index (χ3v) is 6.50. The molecule has 1 amide bonds. The third-order valence-electron chi connectivity index (χ3n) is 5.78. The van der Waals surface area contributed by atoms with Gasteiger partial charge in [0.05, 0.1) is 18.0 Å². The molecule has 2 heterocycles. The molecule has 0 spiro atoms. The Morgan fingerprint density at radius 3 is 2.53 bits per heavy atom. The van der Waals surface area contributed by atoms with Crippen LogP contribution in [0.15, 0.2) is 84.9 Å². The van der Waals surface area contributed by atoms with E-state index in [1.165, 1.54) is 9.13 Å². The largest absolute Gasteiger partial charge is 0.331 e. The molecule has 0 fully saturated rings. The summed E-state index contributed by atoms with van der Waals surface area (Å²) >= 11 is 2.31. The van der Waals surface area contributed by atoms with Gasteiger partial charge >= 0.3 is 0 Å². The number of fused-ring (bicyclic) bond motifs is 2. The Morgan fingerprint density at radius 2 is 1.67 bits per heavy atom. The van der Waals surface area contributed by atoms with E-state index in [-0.39, 0.29) is 11.9 Å². The van der Waals surface area contributed by atoms with Crippen LogP contribution in [-0.2, 0) is 24.2 Å². The second-order valence-electron chi connectivity index (χ2n) is 7.74. The molecule has 1 aliphatic rings. The summed E-state index contributed by atoms with van der Waals surface area (Å²) in [6.07, 6.45) is 1.17. The second-order valence-corrected chi connectivity index (χ2v) is 8.98. The monoisotopic (exact) mass is 504 g/mol. The quantitative estimate of drug-likeness (QED) is 0.334. The Hall–Kier alpha value is -2.73. The summed E-state index contributed by atoms with van der Waals surface area (Å²) in [5.41, 5.74) is 5.52. The molecule has 1 atom stereocenters. The zero-order valence-corrected chi connectivity index (χ0v) is 18.6. The van der Waals surface area contributed by atoms with Gasteiger partial charge in [0.2, 0.25) is 5.91 Å². The van der Waals surface area contributed by atoms with Crippen molar-refractivity contribution in [2.45, 2.75) is 25.4 Å². The molecule has 3 aromatic carbocycles. The van der Waals surface area contributed by atoms with E-state index in [9.17, 15) is 4.79 Å². The van der Waals surface area contributed by atoms with Gasteiger partial charge in [-0.1, -0.05) is 60.7 Å². The van der Waals surface area contributed by atoms with Gasteiger partial charge in [-0.15, -0.1) is 0 Å². The van der Waals surface area contributed by atoms with E-state index in [0.29, 0.717) is 19.4 Å². The van der Waals surface area contributed by atoms with E-state index in [0.717, 1.165) is 27.7 Å². The third kappa shape index (κ3) is 3.84. The SMILES string of the molecule is O=C1Cc2ccccc2C(Cc2ccc3ccccc3n2)N1Cc1ccc(I)cc1. The van der Waals surface area contributed by atoms with Crippen molar-refractivity contribution >= 4 is 39.4 Å². The van der Waals surface area contributed by atoms with Crippen LogP contribution >= 0.6 is 22.6 Å². The Balaban J connectivity index is 1.52. The summed E-state index contributed by atoms with van der Waals surface area (Å²) < 4.78 is 1.20. The lowest BCUT2D eigenvalue weighted by Gasteiger charge is -2.37. The van der Waals surface area contributed by atoms with Gasteiger partial charge < -0.3 is 4.90 Å². The van der Waals surface area contributed by atoms with Crippen molar-refractivity contribution in [3.05, 3.63) is 111 Å². The highest BCUT2D eigenvalue weighted by Crippen LogP contribution is 2.34. The standard InChI is InChI=1S/C26H21IN2O/c27-21-12-9-18(10-13-21)17-29-25(23-7-3-1-6-20(23)15-26(29)30)16-22-14-11-19-5-2-4-8-24(19)28-22/h1-14,25H,15-17H2. The minimum absolute atomic E-state index is 0.0182. The highest BCUT2D eigenvalue weighted by molar-refractivity contribution is 14.1. The molecule has 0 saturated heterocycles. The van der Waals surface area contributed by atoms with Crippen LogP contribution in [0, 0.1) is 3.57 Å². The van der Waals surface area contributed by atoms with Crippen molar-refractivity contribution < 1.29 is 4.79 Å². The molecular weight excluding hydrogens is 483 g/mol. The number of hydrogen-bond acceptors (Lipinski definition) is 2. The Bertz CT molecular complexity index is 1220. The number of carbonyl (C=O) groups is 1. The minimum atomic E-state index is -0.0182. The molecule has 1 aliphatic heterocycles. The van der Waals surface area contributed by atoms with Gasteiger partial charge in [0.25, 0.3) is 0 Å². The normalized spacial score (nSPS) is 16.0. The minimum Gasteiger partial charge on any atom is -0.331 e. The number of halogens is 1. The first kappa shape index (κ1) is 19.2. The molecule has 5 rings (SSSR count). The molecule has 0 radical (unpaired) electrons. The van der Waals surface area contributed by atoms with Gasteiger partial charge in [-0.25, -0.2) is 0 Å². The number of aromatic nitrogens is 1. The van der Waals surface area contributed by atoms with Crippen molar-refractivity contribution in [1.29, 1.82) is 0 Å². The molecule has 0 N–H and O–H groups in total. The molecular formula is C26H21IN2O. The predicted molar refractivity (Wildman–Crippen MR) is 128 cm³/mol. The average Bonchev–Trinajstić information content (AvgIpc) is 2.77. The Morgan fingerprint density at radius 1 is 0.900 bits per heavy atom. The molecule has 0 bridgehead atoms. The van der Waals surface area contributed by atoms with Gasteiger partial charge in [0.1, 0.15) is 0 Å². The second kappa shape index (κ2) is 8.19. The summed E-state index contributed by atoms with van der Waals surface area (Å²) in [5, 5.41) is 1.14. The van der Waals surface area contributed by atoms with Gasteiger partial charge in [-0.2, -0.15) is 0 Å². The number of benzene rings is 3. The van der Waals surface area contributed by atoms with Crippen molar-refractivity contribution in [1.82, 2.24) is 9.88 Å². The summed E-state index contributed by atoms with van der Waals surface area (Å²) in [6.45, 7) is 0.613. The summed E-state index contributed by atoms with van der Waals surface area (Å²) in [7, 11) is 0. The number of carbonyl (C=O) groups excluding carboxylic acids is 1. The van der Waals surface area contributed by atoms with Crippen LogP contribution in [0.4, 0.5) is 0 Å². The molecule has 4 aromatic rings. The van der Waals surface area contributed by atoms with E-state index in [1.807, 2.05) is 29.2 Å². The maximum atomic E-state index is 13.1. The number of nitrogens with zero attached hydrogens (tertiary/aromatic N) is 2. The molecule has 0 aliphatic carbocycles. The van der Waals surface area contributed by atoms with Gasteiger partial charge in [-0.3, -0.25) is 9.78 Å². The fourth-order valence-electron chi connectivity index (χ4n) is 4.25. The predicted octanol–water partition coefficient (Wildman–Crippen LogP) is 5.71. The molecule has 4 heteroatoms. The first-order chi connectivity index (χ1) is 14.7. The fraction of sp³-hybridized carbons (Fsp3) is 0.154. The lowest BCUT2D eigenvalue weighted by molar-refractivity contribution is -0.134. The van der Waals surface area contributed by atoms with Crippen LogP contribution in [-0.4, -0.2) is 15.8 Å². The van der Waals surface area contributed by atoms with Crippen LogP contribution in [0.5, 0.6) is 0 Å². The molecule has 148 valence electrons. The maximum absolute atomic E-state index is 13.1. The lowest BCUT2D eigenvalue weighted by Crippen LogP contribution is -2.40. The summed E-state index contributed by atoms with van der Waals surface area (Å²) in [5.74, 6) is 0.179. The average molecular weight is 504 g/mol. The van der Waals surface area contributed by atoms with E-state index in [2.05, 4.69) is 83.3 Å². The van der Waals surface area contributed by atoms with Gasteiger partial charge in [0, 0.05) is 27.6 Å². The van der Waals surface area contributed by atoms with Crippen LogP contribution in [0.25, 0.3) is 10.9 Å². The Kier molecular flexibility index (Phi) is 5.25. The van der Waals surface area contributed by atoms with E-state index >= 15 is 0 Å². The van der Waals surface area contributed by atoms with Crippen LogP contribution in [0.3, 0.4) is 0 Å². The van der Waals surface area contributed by atoms with Crippen molar-refractivity contribution in [2.75, 3.05) is 0 Å². The number of para-hydroxylation sites is 1. The topological polar surface area (TPSA) is 33.2 Å². The zero-order valence-electron chi connectivity index (χ0n) is 16.5. The fourth-order valence-corrected chi connectivity index (χ4v) is 4.61. The number of amides is 1. The van der Waals surface area contributed by atoms with Gasteiger partial charge in [-0.05, 0) is 63.5 Å². The molecule has 3 nitrogen and oxygen atoms in total. The number of pyridine rings is 1. The van der Waals surface area contributed by atoms with Crippen LogP contribution < -0.4 is 0 Å². The van der Waals surface area contributed by atoms with Gasteiger partial charge in [0.15, 0.2) is 0 Å². The van der Waals surface area contributed by atoms with E-state index in [1.54, 1.807) is 0 Å². The molecule has 30 heavy (non-hydrogen) atoms. The summed E-state index contributed by atoms with van der Waals surface area (Å²) in [4.78, 5) is 20.1. The molecule has 0 saturated carbocycles. The van der Waals surface area contributed by atoms with Crippen molar-refractivity contribution in [3.8, 4) is 0 Å². The van der Waals surface area contributed by atoms with Crippen molar-refractivity contribution in [2.24, 2.45) is 0 Å². The van der Waals surface area contributed by atoms with Crippen LogP contribution in [0.2, 0.25) is 0 Å². The lowest BCUT2D eigenvalue weighted by atomic mass is 9.89. The first-order valence-corrected chi connectivity index (χ1v) is 11.2. The molecule has 1 unspecified atom stereocenters. The zero-order chi connectivity index (χ0) is 20.5. The van der Waals surface area contributed by atoms with E-state index in [4.69, 9.17) is 4.98 Å². The Labute approximate surface area is 189 Å². The van der Waals surface area contributed by atoms with E-state index < -0.39 is 0 Å². The highest BCUT2D eigenvalue weighted by atomic mass is 127. The number of hydrogen-bond donors (Lipinski definition) is 0. The number of rotatable bonds is 4. The van der Waals surface area contributed by atoms with Crippen LogP contribution in [0.1, 0.15) is 28.4 Å². The first-order valence-electron chi connectivity index (χ1n) is 10.1. The maximum Gasteiger partial charge on any atom is 0.227 e. The summed E-state index contributed by atoms with van der Waals surface area (Å²) in [6, 6.07) is 29.1. The smallest absolute Gasteiger partial charge is 0.227 e. The highest BCUT2D eigenvalue weighted by Gasteiger charge is 2.32. The van der Waals surface area contributed by atoms with Crippen molar-refractivity contribution in [3.63, 3.8) is 0 Å². The molecule has 1 aromatic heterocycles.